The van der Waals surface area contributed by atoms with Crippen LogP contribution in [0.5, 0.6) is 5.75 Å². The van der Waals surface area contributed by atoms with Crippen molar-refractivity contribution in [3.63, 3.8) is 0 Å². The zero-order valence-electron chi connectivity index (χ0n) is 17.5. The number of amides is 1. The lowest BCUT2D eigenvalue weighted by atomic mass is 9.98. The highest BCUT2D eigenvalue weighted by molar-refractivity contribution is 7.22. The molecule has 0 spiro atoms. The lowest BCUT2D eigenvalue weighted by Gasteiger charge is -2.21. The van der Waals surface area contributed by atoms with Crippen LogP contribution in [0.3, 0.4) is 0 Å². The van der Waals surface area contributed by atoms with Crippen LogP contribution in [0.2, 0.25) is 5.02 Å². The van der Waals surface area contributed by atoms with Gasteiger partial charge in [-0.25, -0.2) is 4.98 Å². The number of thiazole rings is 1. The van der Waals surface area contributed by atoms with E-state index in [1.165, 1.54) is 29.6 Å². The van der Waals surface area contributed by atoms with Gasteiger partial charge in [-0.05, 0) is 48.9 Å². The number of methoxy groups -OCH3 is 1. The van der Waals surface area contributed by atoms with Crippen LogP contribution in [0.1, 0.15) is 22.9 Å². The third-order valence-corrected chi connectivity index (χ3v) is 6.71. The molecule has 9 heteroatoms. The molecule has 0 saturated carbocycles. The Bertz CT molecular complexity index is 1410. The van der Waals surface area contributed by atoms with Gasteiger partial charge in [-0.2, -0.15) is 0 Å². The molecule has 5 rings (SSSR count). The Morgan fingerprint density at radius 1 is 1.21 bits per heavy atom. The van der Waals surface area contributed by atoms with Gasteiger partial charge >= 0.3 is 5.91 Å². The molecule has 1 aliphatic rings. The predicted molar refractivity (Wildman–Crippen MR) is 126 cm³/mol. The number of aryl methyl sites for hydroxylation is 1. The summed E-state index contributed by atoms with van der Waals surface area (Å²) < 4.78 is 11.8. The second-order valence-electron chi connectivity index (χ2n) is 7.48. The summed E-state index contributed by atoms with van der Waals surface area (Å²) in [7, 11) is 1.41. The van der Waals surface area contributed by atoms with Crippen molar-refractivity contribution in [2.24, 2.45) is 0 Å². The fourth-order valence-electron chi connectivity index (χ4n) is 3.97. The molecule has 0 radical (unpaired) electrons. The van der Waals surface area contributed by atoms with Crippen molar-refractivity contribution in [2.45, 2.75) is 13.0 Å². The molecule has 2 aromatic heterocycles. The molecule has 33 heavy (non-hydrogen) atoms. The number of carbonyl (C=O) groups is 2. The number of fused-ring (bicyclic) bond motifs is 1. The van der Waals surface area contributed by atoms with E-state index in [9.17, 15) is 14.7 Å². The van der Waals surface area contributed by atoms with Crippen LogP contribution in [-0.2, 0) is 9.59 Å². The molecule has 0 bridgehead atoms. The van der Waals surface area contributed by atoms with Gasteiger partial charge in [-0.1, -0.05) is 35.1 Å². The second-order valence-corrected chi connectivity index (χ2v) is 8.89. The quantitative estimate of drug-likeness (QED) is 0.236. The molecule has 4 aromatic rings. The standard InChI is InChI=1S/C24H17ClN2O5S/c1-12-10-13(22(31-2)14(25)11-12)20(28)18-19(16-7-5-9-32-16)27(23(30)21(18)29)24-26-15-6-3-4-8-17(15)33-24/h3-11,19,28H,1-2H3/b20-18+. The van der Waals surface area contributed by atoms with Crippen LogP contribution in [-0.4, -0.2) is 28.9 Å². The highest BCUT2D eigenvalue weighted by atomic mass is 35.5. The molecule has 1 aliphatic heterocycles. The van der Waals surface area contributed by atoms with Gasteiger partial charge in [-0.3, -0.25) is 14.5 Å². The van der Waals surface area contributed by atoms with E-state index in [2.05, 4.69) is 4.98 Å². The number of ketones is 1. The number of anilines is 1. The maximum atomic E-state index is 13.2. The Morgan fingerprint density at radius 2 is 2.00 bits per heavy atom. The number of benzene rings is 2. The fourth-order valence-corrected chi connectivity index (χ4v) is 5.31. The van der Waals surface area contributed by atoms with E-state index in [4.69, 9.17) is 20.8 Å². The number of hydrogen-bond donors (Lipinski definition) is 1. The lowest BCUT2D eigenvalue weighted by molar-refractivity contribution is -0.132. The molecule has 2 aromatic carbocycles. The summed E-state index contributed by atoms with van der Waals surface area (Å²) in [4.78, 5) is 32.3. The molecule has 1 fully saturated rings. The summed E-state index contributed by atoms with van der Waals surface area (Å²) in [5.74, 6) is -1.56. The van der Waals surface area contributed by atoms with Crippen molar-refractivity contribution in [3.8, 4) is 5.75 Å². The smallest absolute Gasteiger partial charge is 0.302 e. The van der Waals surface area contributed by atoms with E-state index in [-0.39, 0.29) is 21.9 Å². The Morgan fingerprint density at radius 3 is 2.70 bits per heavy atom. The first-order valence-corrected chi connectivity index (χ1v) is 11.1. The predicted octanol–water partition coefficient (Wildman–Crippen LogP) is 5.49. The number of halogens is 1. The maximum Gasteiger partial charge on any atom is 0.302 e. The lowest BCUT2D eigenvalue weighted by Crippen LogP contribution is -2.29. The summed E-state index contributed by atoms with van der Waals surface area (Å²) in [5.41, 5.74) is 1.53. The van der Waals surface area contributed by atoms with Gasteiger partial charge < -0.3 is 14.3 Å². The fraction of sp³-hybridized carbons (Fsp3) is 0.125. The SMILES string of the molecule is COc1c(Cl)cc(C)cc1/C(O)=C1\C(=O)C(=O)N(c2nc3ccccc3s2)C1c1ccco1. The zero-order chi connectivity index (χ0) is 23.3. The van der Waals surface area contributed by atoms with Crippen LogP contribution in [0.25, 0.3) is 16.0 Å². The van der Waals surface area contributed by atoms with Crippen LogP contribution >= 0.6 is 22.9 Å². The largest absolute Gasteiger partial charge is 0.507 e. The van der Waals surface area contributed by atoms with Crippen LogP contribution in [0, 0.1) is 6.92 Å². The van der Waals surface area contributed by atoms with Crippen LogP contribution in [0.15, 0.2) is 64.8 Å². The average molecular weight is 481 g/mol. The number of para-hydroxylation sites is 1. The summed E-state index contributed by atoms with van der Waals surface area (Å²) in [6, 6.07) is 13.0. The first kappa shape index (κ1) is 21.2. The number of furan rings is 1. The molecular formula is C24H17ClN2O5S. The Kier molecular flexibility index (Phi) is 5.19. The van der Waals surface area contributed by atoms with Crippen molar-refractivity contribution in [2.75, 3.05) is 12.0 Å². The molecule has 1 amide bonds. The second kappa shape index (κ2) is 8.06. The Balaban J connectivity index is 1.76. The van der Waals surface area contributed by atoms with E-state index in [1.54, 1.807) is 31.2 Å². The van der Waals surface area contributed by atoms with Gasteiger partial charge in [0.2, 0.25) is 0 Å². The van der Waals surface area contributed by atoms with E-state index in [0.717, 1.165) is 10.3 Å². The summed E-state index contributed by atoms with van der Waals surface area (Å²) >= 11 is 7.58. The van der Waals surface area contributed by atoms with Crippen molar-refractivity contribution in [1.29, 1.82) is 0 Å². The summed E-state index contributed by atoms with van der Waals surface area (Å²) in [6.07, 6.45) is 1.44. The van der Waals surface area contributed by atoms with Crippen molar-refractivity contribution in [1.82, 2.24) is 4.98 Å². The van der Waals surface area contributed by atoms with Crippen LogP contribution in [0.4, 0.5) is 5.13 Å². The highest BCUT2D eigenvalue weighted by Crippen LogP contribution is 2.46. The van der Waals surface area contributed by atoms with Gasteiger partial charge in [0.15, 0.2) is 5.13 Å². The van der Waals surface area contributed by atoms with Crippen molar-refractivity contribution >= 4 is 55.7 Å². The maximum absolute atomic E-state index is 13.2. The van der Waals surface area contributed by atoms with Gasteiger partial charge in [0, 0.05) is 0 Å². The number of nitrogens with zero attached hydrogens (tertiary/aromatic N) is 2. The summed E-state index contributed by atoms with van der Waals surface area (Å²) in [5, 5.41) is 11.9. The molecular weight excluding hydrogens is 464 g/mol. The minimum atomic E-state index is -1.01. The van der Waals surface area contributed by atoms with Crippen molar-refractivity contribution < 1.29 is 23.8 Å². The molecule has 166 valence electrons. The van der Waals surface area contributed by atoms with Crippen LogP contribution < -0.4 is 9.64 Å². The minimum Gasteiger partial charge on any atom is -0.507 e. The number of aliphatic hydroxyl groups excluding tert-OH is 1. The van der Waals surface area contributed by atoms with E-state index >= 15 is 0 Å². The molecule has 1 atom stereocenters. The number of aliphatic hydroxyl groups is 1. The van der Waals surface area contributed by atoms with Gasteiger partial charge in [0.25, 0.3) is 5.78 Å². The molecule has 0 aliphatic carbocycles. The topological polar surface area (TPSA) is 92.9 Å². The van der Waals surface area contributed by atoms with E-state index < -0.39 is 23.5 Å². The number of aromatic nitrogens is 1. The Hall–Kier alpha value is -3.62. The number of carbonyl (C=O) groups excluding carboxylic acids is 2. The third kappa shape index (κ3) is 3.39. The third-order valence-electron chi connectivity index (χ3n) is 5.39. The van der Waals surface area contributed by atoms with Crippen molar-refractivity contribution in [3.05, 3.63) is 82.3 Å². The molecule has 1 N–H and O–H groups in total. The van der Waals surface area contributed by atoms with E-state index in [1.807, 2.05) is 24.3 Å². The molecule has 3 heterocycles. The molecule has 1 unspecified atom stereocenters. The molecule has 1 saturated heterocycles. The highest BCUT2D eigenvalue weighted by Gasteiger charge is 2.49. The Labute approximate surface area is 197 Å². The number of rotatable bonds is 4. The number of ether oxygens (including phenoxy) is 1. The first-order valence-electron chi connectivity index (χ1n) is 9.95. The number of Topliss-reactive ketones (excluding diaryl/α,β-unsaturated/α-hetero) is 1. The van der Waals surface area contributed by atoms with Gasteiger partial charge in [-0.15, -0.1) is 0 Å². The normalized spacial score (nSPS) is 17.8. The molecule has 7 nitrogen and oxygen atoms in total. The van der Waals surface area contributed by atoms with E-state index in [0.29, 0.717) is 16.4 Å². The zero-order valence-corrected chi connectivity index (χ0v) is 19.1. The number of hydrogen-bond acceptors (Lipinski definition) is 7. The van der Waals surface area contributed by atoms with Gasteiger partial charge in [0.1, 0.15) is 23.3 Å². The van der Waals surface area contributed by atoms with Gasteiger partial charge in [0.05, 0.1) is 39.7 Å². The first-order chi connectivity index (χ1) is 15.9. The summed E-state index contributed by atoms with van der Waals surface area (Å²) in [6.45, 7) is 1.80. The minimum absolute atomic E-state index is 0.130. The monoisotopic (exact) mass is 480 g/mol. The average Bonchev–Trinajstić information content (AvgIpc) is 3.51.